The summed E-state index contributed by atoms with van der Waals surface area (Å²) >= 11 is 0. The molecule has 1 saturated heterocycles. The van der Waals surface area contributed by atoms with Crippen LogP contribution in [0.15, 0.2) is 24.4 Å². The monoisotopic (exact) mass is 325 g/mol. The van der Waals surface area contributed by atoms with Gasteiger partial charge in [0.25, 0.3) is 0 Å². The smallest absolute Gasteiger partial charge is 0.239 e. The van der Waals surface area contributed by atoms with Crippen molar-refractivity contribution in [2.24, 2.45) is 0 Å². The first-order chi connectivity index (χ1) is 10.4. The second-order valence-electron chi connectivity index (χ2n) is 5.36. The Bertz CT molecular complexity index is 645. The summed E-state index contributed by atoms with van der Waals surface area (Å²) in [6, 6.07) is 5.00. The van der Waals surface area contributed by atoms with E-state index in [2.05, 4.69) is 10.3 Å². The summed E-state index contributed by atoms with van der Waals surface area (Å²) in [7, 11) is -3.04. The minimum Gasteiger partial charge on any atom is -0.351 e. The van der Waals surface area contributed by atoms with Crippen LogP contribution in [-0.4, -0.2) is 54.2 Å². The molecule has 1 aliphatic heterocycles. The third kappa shape index (κ3) is 4.80. The summed E-state index contributed by atoms with van der Waals surface area (Å²) in [4.78, 5) is 29.1. The highest BCUT2D eigenvalue weighted by Gasteiger charge is 2.29. The van der Waals surface area contributed by atoms with Crippen molar-refractivity contribution in [3.05, 3.63) is 30.1 Å². The minimum absolute atomic E-state index is 0.0287. The highest BCUT2D eigenvalue weighted by molar-refractivity contribution is 7.91. The van der Waals surface area contributed by atoms with Gasteiger partial charge in [0.15, 0.2) is 9.84 Å². The normalized spacial score (nSPS) is 19.6. The fourth-order valence-electron chi connectivity index (χ4n) is 2.32. The number of nitrogens with one attached hydrogen (secondary N) is 1. The number of hydrogen-bond acceptors (Lipinski definition) is 5. The van der Waals surface area contributed by atoms with Crippen LogP contribution in [0.5, 0.6) is 0 Å². The molecule has 1 aromatic rings. The first-order valence-corrected chi connectivity index (χ1v) is 8.83. The summed E-state index contributed by atoms with van der Waals surface area (Å²) in [6.07, 6.45) is 2.05. The average Bonchev–Trinajstić information content (AvgIpc) is 2.78. The molecule has 0 spiro atoms. The second-order valence-corrected chi connectivity index (χ2v) is 7.59. The first-order valence-electron chi connectivity index (χ1n) is 7.01. The van der Waals surface area contributed by atoms with Gasteiger partial charge >= 0.3 is 0 Å². The van der Waals surface area contributed by atoms with E-state index in [9.17, 15) is 18.0 Å². The van der Waals surface area contributed by atoms with Crippen LogP contribution in [0.4, 0.5) is 0 Å². The highest BCUT2D eigenvalue weighted by atomic mass is 32.2. The fourth-order valence-corrected chi connectivity index (χ4v) is 3.99. The quantitative estimate of drug-likeness (QED) is 0.804. The molecule has 0 saturated carbocycles. The molecule has 2 rings (SSSR count). The molecule has 1 N–H and O–H groups in total. The van der Waals surface area contributed by atoms with Gasteiger partial charge in [-0.2, -0.15) is 0 Å². The van der Waals surface area contributed by atoms with Gasteiger partial charge in [0, 0.05) is 19.2 Å². The van der Waals surface area contributed by atoms with Crippen molar-refractivity contribution >= 4 is 21.7 Å². The third-order valence-corrected chi connectivity index (χ3v) is 5.22. The third-order valence-electron chi connectivity index (χ3n) is 3.46. The Balaban J connectivity index is 1.91. The number of pyridine rings is 1. The van der Waals surface area contributed by atoms with Crippen LogP contribution in [0.1, 0.15) is 19.0 Å². The van der Waals surface area contributed by atoms with Gasteiger partial charge in [-0.3, -0.25) is 14.6 Å². The number of hydrogen-bond donors (Lipinski definition) is 1. The zero-order chi connectivity index (χ0) is 16.2. The molecule has 2 heterocycles. The number of aromatic nitrogens is 1. The molecular formula is C14H19N3O4S. The number of sulfone groups is 1. The molecular weight excluding hydrogens is 306 g/mol. The van der Waals surface area contributed by atoms with Crippen molar-refractivity contribution in [3.63, 3.8) is 0 Å². The number of rotatable bonds is 5. The maximum atomic E-state index is 12.0. The molecule has 0 bridgehead atoms. The number of carbonyl (C=O) groups excluding carboxylic acids is 2. The lowest BCUT2D eigenvalue weighted by atomic mass is 10.2. The van der Waals surface area contributed by atoms with E-state index in [1.54, 1.807) is 18.3 Å². The lowest BCUT2D eigenvalue weighted by Crippen LogP contribution is -2.43. The van der Waals surface area contributed by atoms with Crippen LogP contribution in [0.2, 0.25) is 0 Å². The van der Waals surface area contributed by atoms with Crippen molar-refractivity contribution in [1.82, 2.24) is 15.2 Å². The first kappa shape index (κ1) is 16.4. The number of amides is 2. The van der Waals surface area contributed by atoms with Gasteiger partial charge in [-0.1, -0.05) is 6.07 Å². The Morgan fingerprint density at radius 2 is 2.18 bits per heavy atom. The highest BCUT2D eigenvalue weighted by Crippen LogP contribution is 2.11. The molecule has 0 aliphatic carbocycles. The molecule has 1 fully saturated rings. The van der Waals surface area contributed by atoms with Crippen LogP contribution >= 0.6 is 0 Å². The van der Waals surface area contributed by atoms with Gasteiger partial charge in [0.1, 0.15) is 0 Å². The van der Waals surface area contributed by atoms with E-state index in [-0.39, 0.29) is 42.5 Å². The van der Waals surface area contributed by atoms with Gasteiger partial charge in [-0.05, 0) is 18.6 Å². The molecule has 1 unspecified atom stereocenters. The zero-order valence-electron chi connectivity index (χ0n) is 12.4. The summed E-state index contributed by atoms with van der Waals surface area (Å²) in [6.45, 7) is 1.52. The van der Waals surface area contributed by atoms with E-state index in [1.807, 2.05) is 6.07 Å². The second kappa shape index (κ2) is 6.87. The molecule has 8 heteroatoms. The molecule has 0 radical (unpaired) electrons. The molecule has 22 heavy (non-hydrogen) atoms. The Morgan fingerprint density at radius 1 is 1.41 bits per heavy atom. The minimum atomic E-state index is -3.04. The van der Waals surface area contributed by atoms with Crippen molar-refractivity contribution in [2.75, 3.05) is 18.1 Å². The van der Waals surface area contributed by atoms with Crippen molar-refractivity contribution in [3.8, 4) is 0 Å². The molecule has 120 valence electrons. The van der Waals surface area contributed by atoms with Gasteiger partial charge < -0.3 is 10.2 Å². The Kier molecular flexibility index (Phi) is 5.12. The zero-order valence-corrected chi connectivity index (χ0v) is 13.2. The standard InChI is InChI=1S/C14H19N3O4S/c1-11(18)17(8-12-4-2-3-6-15-12)9-14(19)16-13-5-7-22(20,21)10-13/h2-4,6,13H,5,7-10H2,1H3,(H,16,19). The molecule has 7 nitrogen and oxygen atoms in total. The maximum Gasteiger partial charge on any atom is 0.239 e. The van der Waals surface area contributed by atoms with Crippen molar-refractivity contribution < 1.29 is 18.0 Å². The number of carbonyl (C=O) groups is 2. The average molecular weight is 325 g/mol. The predicted molar refractivity (Wildman–Crippen MR) is 80.5 cm³/mol. The van der Waals surface area contributed by atoms with E-state index in [0.29, 0.717) is 12.1 Å². The SMILES string of the molecule is CC(=O)N(CC(=O)NC1CCS(=O)(=O)C1)Cc1ccccn1. The van der Waals surface area contributed by atoms with E-state index < -0.39 is 9.84 Å². The van der Waals surface area contributed by atoms with Crippen molar-refractivity contribution in [1.29, 1.82) is 0 Å². The molecule has 1 aromatic heterocycles. The van der Waals surface area contributed by atoms with E-state index in [0.717, 1.165) is 0 Å². The summed E-state index contributed by atoms with van der Waals surface area (Å²) in [5.41, 5.74) is 0.689. The van der Waals surface area contributed by atoms with Crippen LogP contribution in [0, 0.1) is 0 Å². The summed E-state index contributed by atoms with van der Waals surface area (Å²) in [5, 5.41) is 2.67. The predicted octanol–water partition coefficient (Wildman–Crippen LogP) is -0.267. The van der Waals surface area contributed by atoms with Crippen LogP contribution in [0.25, 0.3) is 0 Å². The maximum absolute atomic E-state index is 12.0. The van der Waals surface area contributed by atoms with Crippen LogP contribution in [-0.2, 0) is 26.0 Å². The van der Waals surface area contributed by atoms with E-state index >= 15 is 0 Å². The number of nitrogens with zero attached hydrogens (tertiary/aromatic N) is 2. The van der Waals surface area contributed by atoms with Gasteiger partial charge in [-0.25, -0.2) is 8.42 Å². The lowest BCUT2D eigenvalue weighted by molar-refractivity contribution is -0.135. The lowest BCUT2D eigenvalue weighted by Gasteiger charge is -2.21. The Labute approximate surface area is 129 Å². The molecule has 0 aromatic carbocycles. The summed E-state index contributed by atoms with van der Waals surface area (Å²) in [5.74, 6) is -0.519. The van der Waals surface area contributed by atoms with E-state index in [4.69, 9.17) is 0 Å². The summed E-state index contributed by atoms with van der Waals surface area (Å²) < 4.78 is 22.7. The van der Waals surface area contributed by atoms with Gasteiger partial charge in [-0.15, -0.1) is 0 Å². The topological polar surface area (TPSA) is 96.4 Å². The molecule has 1 aliphatic rings. The molecule has 1 atom stereocenters. The van der Waals surface area contributed by atoms with Gasteiger partial charge in [0.05, 0.1) is 30.3 Å². The molecule has 2 amide bonds. The van der Waals surface area contributed by atoms with Crippen LogP contribution in [0.3, 0.4) is 0 Å². The Morgan fingerprint density at radius 3 is 2.73 bits per heavy atom. The Hall–Kier alpha value is -1.96. The fraction of sp³-hybridized carbons (Fsp3) is 0.500. The van der Waals surface area contributed by atoms with E-state index in [1.165, 1.54) is 11.8 Å². The largest absolute Gasteiger partial charge is 0.351 e. The van der Waals surface area contributed by atoms with Crippen molar-refractivity contribution in [2.45, 2.75) is 25.9 Å². The van der Waals surface area contributed by atoms with Crippen LogP contribution < -0.4 is 5.32 Å². The van der Waals surface area contributed by atoms with Gasteiger partial charge in [0.2, 0.25) is 11.8 Å².